The van der Waals surface area contributed by atoms with Gasteiger partial charge in [-0.2, -0.15) is 19.6 Å². The maximum absolute atomic E-state index is 5.91. The van der Waals surface area contributed by atoms with Crippen molar-refractivity contribution >= 4 is 23.2 Å². The largest absolute Gasteiger partial charge is 0.399 e. The molecular weight excluding hydrogens is 350 g/mol. The van der Waals surface area contributed by atoms with Crippen LogP contribution in [0.3, 0.4) is 0 Å². The summed E-state index contributed by atoms with van der Waals surface area (Å²) in [7, 11) is 0. The van der Waals surface area contributed by atoms with Gasteiger partial charge in [0.15, 0.2) is 5.65 Å². The Balaban J connectivity index is 1.69. The molecule has 0 amide bonds. The second-order valence-electron chi connectivity index (χ2n) is 8.11. The quantitative estimate of drug-likeness (QED) is 0.658. The zero-order valence-corrected chi connectivity index (χ0v) is 16.9. The van der Waals surface area contributed by atoms with E-state index in [4.69, 9.17) is 15.7 Å². The van der Waals surface area contributed by atoms with Crippen LogP contribution in [-0.4, -0.2) is 32.7 Å². The minimum atomic E-state index is 0.350. The van der Waals surface area contributed by atoms with E-state index in [2.05, 4.69) is 42.2 Å². The van der Waals surface area contributed by atoms with Gasteiger partial charge in [0.2, 0.25) is 11.9 Å². The fourth-order valence-electron chi connectivity index (χ4n) is 3.64. The molecule has 7 heteroatoms. The molecule has 0 aliphatic carbocycles. The molecule has 7 nitrogen and oxygen atoms in total. The number of aromatic nitrogens is 4. The van der Waals surface area contributed by atoms with Crippen molar-refractivity contribution in [3.8, 4) is 0 Å². The Hall–Kier alpha value is -2.83. The van der Waals surface area contributed by atoms with Crippen LogP contribution >= 0.6 is 0 Å². The lowest BCUT2D eigenvalue weighted by Crippen LogP contribution is -2.34. The van der Waals surface area contributed by atoms with Crippen molar-refractivity contribution in [1.29, 1.82) is 0 Å². The number of benzene rings is 1. The van der Waals surface area contributed by atoms with Gasteiger partial charge in [-0.1, -0.05) is 32.9 Å². The molecule has 148 valence electrons. The van der Waals surface area contributed by atoms with E-state index in [0.29, 0.717) is 18.4 Å². The Labute approximate surface area is 166 Å². The van der Waals surface area contributed by atoms with E-state index < -0.39 is 0 Å². The summed E-state index contributed by atoms with van der Waals surface area (Å²) in [4.78, 5) is 12.0. The zero-order chi connectivity index (χ0) is 19.7. The van der Waals surface area contributed by atoms with Gasteiger partial charge in [0, 0.05) is 30.9 Å². The fourth-order valence-corrected chi connectivity index (χ4v) is 3.64. The molecule has 3 heterocycles. The Morgan fingerprint density at radius 1 is 1.21 bits per heavy atom. The first kappa shape index (κ1) is 18.5. The highest BCUT2D eigenvalue weighted by atomic mass is 15.4. The minimum absolute atomic E-state index is 0.350. The van der Waals surface area contributed by atoms with Crippen LogP contribution in [0.5, 0.6) is 0 Å². The molecule has 4 rings (SSSR count). The van der Waals surface area contributed by atoms with Gasteiger partial charge in [-0.25, -0.2) is 0 Å². The van der Waals surface area contributed by atoms with Crippen LogP contribution in [0.15, 0.2) is 30.5 Å². The van der Waals surface area contributed by atoms with Crippen molar-refractivity contribution in [1.82, 2.24) is 19.6 Å². The van der Waals surface area contributed by atoms with Gasteiger partial charge >= 0.3 is 0 Å². The summed E-state index contributed by atoms with van der Waals surface area (Å²) in [5.74, 6) is 2.62. The summed E-state index contributed by atoms with van der Waals surface area (Å²) < 4.78 is 1.82. The monoisotopic (exact) mass is 379 g/mol. The molecule has 1 aliphatic rings. The van der Waals surface area contributed by atoms with E-state index >= 15 is 0 Å². The highest BCUT2D eigenvalue weighted by Gasteiger charge is 2.21. The van der Waals surface area contributed by atoms with Crippen LogP contribution in [0.4, 0.5) is 17.6 Å². The van der Waals surface area contributed by atoms with Crippen molar-refractivity contribution in [3.63, 3.8) is 0 Å². The highest BCUT2D eigenvalue weighted by molar-refractivity contribution is 5.56. The number of hydrogen-bond donors (Lipinski definition) is 2. The predicted octanol–water partition coefficient (Wildman–Crippen LogP) is 3.68. The summed E-state index contributed by atoms with van der Waals surface area (Å²) in [6, 6.07) is 7.88. The van der Waals surface area contributed by atoms with Gasteiger partial charge in [0.05, 0.1) is 6.20 Å². The third-order valence-corrected chi connectivity index (χ3v) is 5.47. The van der Waals surface area contributed by atoms with Gasteiger partial charge in [0.25, 0.3) is 0 Å². The standard InChI is InChI=1S/C21H29N7/c1-14(2)18-13-24-28-19(18)25-21(27-9-7-15(3)8-10-27)26-20(28)23-12-16-5-4-6-17(22)11-16/h4-6,11,13-15H,7-10,12,22H2,1-3H3,(H,23,25,26). The molecule has 3 N–H and O–H groups in total. The SMILES string of the molecule is CC1CCN(c2nc(NCc3cccc(N)c3)n3ncc(C(C)C)c3n2)CC1. The molecule has 1 aromatic carbocycles. The third kappa shape index (κ3) is 3.74. The number of fused-ring (bicyclic) bond motifs is 1. The number of nitrogens with one attached hydrogen (secondary N) is 1. The average molecular weight is 380 g/mol. The summed E-state index contributed by atoms with van der Waals surface area (Å²) in [5.41, 5.74) is 9.80. The summed E-state index contributed by atoms with van der Waals surface area (Å²) in [6.07, 6.45) is 4.26. The molecule has 0 unspecified atom stereocenters. The Morgan fingerprint density at radius 3 is 2.71 bits per heavy atom. The minimum Gasteiger partial charge on any atom is -0.399 e. The van der Waals surface area contributed by atoms with Crippen LogP contribution < -0.4 is 16.0 Å². The fraction of sp³-hybridized carbons (Fsp3) is 0.476. The molecule has 0 atom stereocenters. The Bertz CT molecular complexity index is 955. The molecule has 3 aromatic rings. The van der Waals surface area contributed by atoms with Crippen molar-refractivity contribution in [2.45, 2.75) is 46.1 Å². The van der Waals surface area contributed by atoms with E-state index in [-0.39, 0.29) is 0 Å². The van der Waals surface area contributed by atoms with Gasteiger partial charge in [-0.3, -0.25) is 0 Å². The van der Waals surface area contributed by atoms with Crippen LogP contribution in [0.2, 0.25) is 0 Å². The third-order valence-electron chi connectivity index (χ3n) is 5.47. The lowest BCUT2D eigenvalue weighted by Gasteiger charge is -2.30. The topological polar surface area (TPSA) is 84.4 Å². The number of hydrogen-bond acceptors (Lipinski definition) is 6. The van der Waals surface area contributed by atoms with E-state index in [1.807, 2.05) is 28.9 Å². The van der Waals surface area contributed by atoms with Crippen LogP contribution in [-0.2, 0) is 6.54 Å². The van der Waals surface area contributed by atoms with Crippen LogP contribution in [0, 0.1) is 5.92 Å². The smallest absolute Gasteiger partial charge is 0.230 e. The van der Waals surface area contributed by atoms with Gasteiger partial charge in [-0.15, -0.1) is 0 Å². The maximum atomic E-state index is 5.91. The van der Waals surface area contributed by atoms with Crippen molar-refractivity contribution < 1.29 is 0 Å². The number of rotatable bonds is 5. The van der Waals surface area contributed by atoms with E-state index in [0.717, 1.165) is 47.4 Å². The lowest BCUT2D eigenvalue weighted by molar-refractivity contribution is 0.434. The second-order valence-corrected chi connectivity index (χ2v) is 8.11. The van der Waals surface area contributed by atoms with E-state index in [9.17, 15) is 0 Å². The molecule has 2 aromatic heterocycles. The second kappa shape index (κ2) is 7.66. The summed E-state index contributed by atoms with van der Waals surface area (Å²) in [5, 5.41) is 7.99. The molecule has 0 radical (unpaired) electrons. The Kier molecular flexibility index (Phi) is 5.07. The maximum Gasteiger partial charge on any atom is 0.230 e. The molecule has 1 aliphatic heterocycles. The van der Waals surface area contributed by atoms with Gasteiger partial charge in [0.1, 0.15) is 0 Å². The number of nitrogens with zero attached hydrogens (tertiary/aromatic N) is 5. The molecule has 1 saturated heterocycles. The van der Waals surface area contributed by atoms with Crippen molar-refractivity contribution in [3.05, 3.63) is 41.6 Å². The summed E-state index contributed by atoms with van der Waals surface area (Å²) in [6.45, 7) is 9.27. The predicted molar refractivity (Wildman–Crippen MR) is 114 cm³/mol. The molecule has 0 saturated carbocycles. The molecule has 28 heavy (non-hydrogen) atoms. The molecule has 1 fully saturated rings. The first-order chi connectivity index (χ1) is 13.5. The number of anilines is 3. The van der Waals surface area contributed by atoms with E-state index in [1.165, 1.54) is 12.8 Å². The van der Waals surface area contributed by atoms with Gasteiger partial charge < -0.3 is 16.0 Å². The van der Waals surface area contributed by atoms with Gasteiger partial charge in [-0.05, 0) is 42.4 Å². The average Bonchev–Trinajstić information content (AvgIpc) is 3.11. The first-order valence-electron chi connectivity index (χ1n) is 10.1. The van der Waals surface area contributed by atoms with Crippen LogP contribution in [0.1, 0.15) is 50.7 Å². The van der Waals surface area contributed by atoms with Crippen molar-refractivity contribution in [2.75, 3.05) is 29.0 Å². The molecule has 0 bridgehead atoms. The lowest BCUT2D eigenvalue weighted by atomic mass is 10.00. The highest BCUT2D eigenvalue weighted by Crippen LogP contribution is 2.26. The number of piperidine rings is 1. The Morgan fingerprint density at radius 2 is 2.00 bits per heavy atom. The molecule has 0 spiro atoms. The summed E-state index contributed by atoms with van der Waals surface area (Å²) >= 11 is 0. The number of nitrogens with two attached hydrogens (primary N) is 1. The number of nitrogen functional groups attached to an aromatic ring is 1. The first-order valence-corrected chi connectivity index (χ1v) is 10.1. The van der Waals surface area contributed by atoms with Crippen LogP contribution in [0.25, 0.3) is 5.65 Å². The van der Waals surface area contributed by atoms with Crippen molar-refractivity contribution in [2.24, 2.45) is 5.92 Å². The normalized spacial score (nSPS) is 15.5. The zero-order valence-electron chi connectivity index (χ0n) is 16.9. The molecular formula is C21H29N7. The van der Waals surface area contributed by atoms with E-state index in [1.54, 1.807) is 0 Å².